The zero-order valence-electron chi connectivity index (χ0n) is 7.47. The standard InChI is InChI=1S/C9H10F3NO/c1-4(14)9(13)5-2-3-6(10)8(12)7(5)11/h2-4,9,14H,13H2,1H3/t4-,9-/m1/s1. The first kappa shape index (κ1) is 11.0. The molecule has 78 valence electrons. The molecule has 2 atom stereocenters. The third kappa shape index (κ3) is 1.88. The first-order chi connectivity index (χ1) is 6.45. The molecule has 1 aromatic rings. The Morgan fingerprint density at radius 1 is 1.21 bits per heavy atom. The van der Waals surface area contributed by atoms with Gasteiger partial charge in [0.15, 0.2) is 17.5 Å². The van der Waals surface area contributed by atoms with Gasteiger partial charge in [0, 0.05) is 5.56 Å². The molecule has 0 fully saturated rings. The summed E-state index contributed by atoms with van der Waals surface area (Å²) < 4.78 is 38.3. The van der Waals surface area contributed by atoms with Gasteiger partial charge in [-0.3, -0.25) is 0 Å². The molecule has 0 radical (unpaired) electrons. The van der Waals surface area contributed by atoms with Crippen LogP contribution in [0.15, 0.2) is 12.1 Å². The highest BCUT2D eigenvalue weighted by atomic mass is 19.2. The van der Waals surface area contributed by atoms with Crippen molar-refractivity contribution in [1.29, 1.82) is 0 Å². The third-order valence-corrected chi connectivity index (χ3v) is 1.94. The SMILES string of the molecule is C[C@@H](O)[C@@H](N)c1ccc(F)c(F)c1F. The molecule has 5 heteroatoms. The second kappa shape index (κ2) is 3.98. The van der Waals surface area contributed by atoms with E-state index < -0.39 is 29.6 Å². The lowest BCUT2D eigenvalue weighted by Gasteiger charge is -2.15. The predicted molar refractivity (Wildman–Crippen MR) is 44.9 cm³/mol. The summed E-state index contributed by atoms with van der Waals surface area (Å²) in [5.74, 6) is -4.19. The number of hydrogen-bond acceptors (Lipinski definition) is 2. The number of aliphatic hydroxyl groups is 1. The van der Waals surface area contributed by atoms with Crippen LogP contribution in [0, 0.1) is 17.5 Å². The van der Waals surface area contributed by atoms with Gasteiger partial charge in [-0.2, -0.15) is 0 Å². The zero-order valence-corrected chi connectivity index (χ0v) is 7.47. The average Bonchev–Trinajstić information content (AvgIpc) is 2.13. The molecule has 0 saturated heterocycles. The van der Waals surface area contributed by atoms with E-state index in [2.05, 4.69) is 0 Å². The molecule has 0 aliphatic heterocycles. The summed E-state index contributed by atoms with van der Waals surface area (Å²) in [6, 6.07) is 0.728. The van der Waals surface area contributed by atoms with Crippen molar-refractivity contribution in [2.75, 3.05) is 0 Å². The van der Waals surface area contributed by atoms with Gasteiger partial charge in [0.25, 0.3) is 0 Å². The molecule has 0 amide bonds. The lowest BCUT2D eigenvalue weighted by Crippen LogP contribution is -2.24. The van der Waals surface area contributed by atoms with Gasteiger partial charge >= 0.3 is 0 Å². The fraction of sp³-hybridized carbons (Fsp3) is 0.333. The van der Waals surface area contributed by atoms with E-state index in [9.17, 15) is 13.2 Å². The maximum Gasteiger partial charge on any atom is 0.194 e. The minimum Gasteiger partial charge on any atom is -0.391 e. The molecule has 3 N–H and O–H groups in total. The molecule has 0 saturated carbocycles. The van der Waals surface area contributed by atoms with E-state index in [-0.39, 0.29) is 5.56 Å². The molecule has 14 heavy (non-hydrogen) atoms. The number of rotatable bonds is 2. The highest BCUT2D eigenvalue weighted by molar-refractivity contribution is 5.24. The van der Waals surface area contributed by atoms with E-state index in [1.165, 1.54) is 6.92 Å². The van der Waals surface area contributed by atoms with Crippen molar-refractivity contribution < 1.29 is 18.3 Å². The van der Waals surface area contributed by atoms with Crippen molar-refractivity contribution in [2.24, 2.45) is 5.73 Å². The quantitative estimate of drug-likeness (QED) is 0.718. The topological polar surface area (TPSA) is 46.2 Å². The first-order valence-corrected chi connectivity index (χ1v) is 4.02. The lowest BCUT2D eigenvalue weighted by atomic mass is 10.0. The van der Waals surface area contributed by atoms with E-state index in [4.69, 9.17) is 10.8 Å². The number of benzene rings is 1. The largest absolute Gasteiger partial charge is 0.391 e. The van der Waals surface area contributed by atoms with Gasteiger partial charge in [0.1, 0.15) is 0 Å². The molecular formula is C9H10F3NO. The van der Waals surface area contributed by atoms with Crippen LogP contribution < -0.4 is 5.73 Å². The van der Waals surface area contributed by atoms with Crippen LogP contribution in [0.1, 0.15) is 18.5 Å². The van der Waals surface area contributed by atoms with Crippen molar-refractivity contribution in [3.8, 4) is 0 Å². The van der Waals surface area contributed by atoms with E-state index in [0.717, 1.165) is 12.1 Å². The second-order valence-electron chi connectivity index (χ2n) is 3.03. The van der Waals surface area contributed by atoms with Crippen LogP contribution >= 0.6 is 0 Å². The predicted octanol–water partition coefficient (Wildman–Crippen LogP) is 1.48. The van der Waals surface area contributed by atoms with Crippen LogP contribution in [0.25, 0.3) is 0 Å². The summed E-state index contributed by atoms with van der Waals surface area (Å²) in [5, 5.41) is 9.05. The summed E-state index contributed by atoms with van der Waals surface area (Å²) in [7, 11) is 0. The highest BCUT2D eigenvalue weighted by Gasteiger charge is 2.20. The molecule has 0 bridgehead atoms. The highest BCUT2D eigenvalue weighted by Crippen LogP contribution is 2.21. The number of nitrogens with two attached hydrogens (primary N) is 1. The van der Waals surface area contributed by atoms with E-state index in [1.807, 2.05) is 0 Å². The van der Waals surface area contributed by atoms with E-state index >= 15 is 0 Å². The van der Waals surface area contributed by atoms with Gasteiger partial charge in [0.05, 0.1) is 12.1 Å². The molecule has 0 aromatic heterocycles. The maximum absolute atomic E-state index is 13.1. The molecule has 1 rings (SSSR count). The second-order valence-corrected chi connectivity index (χ2v) is 3.03. The summed E-state index contributed by atoms with van der Waals surface area (Å²) in [6.45, 7) is 1.34. The van der Waals surface area contributed by atoms with Crippen molar-refractivity contribution >= 4 is 0 Å². The summed E-state index contributed by atoms with van der Waals surface area (Å²) in [4.78, 5) is 0. The first-order valence-electron chi connectivity index (χ1n) is 4.02. The zero-order chi connectivity index (χ0) is 10.9. The normalized spacial score (nSPS) is 15.3. The van der Waals surface area contributed by atoms with E-state index in [1.54, 1.807) is 0 Å². The summed E-state index contributed by atoms with van der Waals surface area (Å²) in [6.07, 6.45) is -1.03. The van der Waals surface area contributed by atoms with Gasteiger partial charge in [-0.05, 0) is 13.0 Å². The van der Waals surface area contributed by atoms with Crippen molar-refractivity contribution in [1.82, 2.24) is 0 Å². The van der Waals surface area contributed by atoms with Crippen molar-refractivity contribution in [3.63, 3.8) is 0 Å². The Balaban J connectivity index is 3.17. The van der Waals surface area contributed by atoms with Gasteiger partial charge in [-0.1, -0.05) is 6.07 Å². The van der Waals surface area contributed by atoms with Crippen LogP contribution in [-0.2, 0) is 0 Å². The van der Waals surface area contributed by atoms with Crippen LogP contribution in [0.3, 0.4) is 0 Å². The Morgan fingerprint density at radius 3 is 2.29 bits per heavy atom. The van der Waals surface area contributed by atoms with Crippen LogP contribution in [0.4, 0.5) is 13.2 Å². The Kier molecular flexibility index (Phi) is 3.13. The molecular weight excluding hydrogens is 195 g/mol. The molecule has 0 aliphatic rings. The molecule has 2 nitrogen and oxygen atoms in total. The molecule has 0 spiro atoms. The Bertz CT molecular complexity index is 341. The van der Waals surface area contributed by atoms with Gasteiger partial charge < -0.3 is 10.8 Å². The Morgan fingerprint density at radius 2 is 1.79 bits per heavy atom. The fourth-order valence-corrected chi connectivity index (χ4v) is 1.06. The number of hydrogen-bond donors (Lipinski definition) is 2. The lowest BCUT2D eigenvalue weighted by molar-refractivity contribution is 0.162. The molecule has 0 aliphatic carbocycles. The van der Waals surface area contributed by atoms with Crippen LogP contribution in [0.5, 0.6) is 0 Å². The molecule has 0 unspecified atom stereocenters. The van der Waals surface area contributed by atoms with Gasteiger partial charge in [-0.15, -0.1) is 0 Å². The smallest absolute Gasteiger partial charge is 0.194 e. The van der Waals surface area contributed by atoms with Crippen molar-refractivity contribution in [2.45, 2.75) is 19.1 Å². The molecule has 1 aromatic carbocycles. The Labute approximate surface area is 79.2 Å². The monoisotopic (exact) mass is 205 g/mol. The van der Waals surface area contributed by atoms with Gasteiger partial charge in [-0.25, -0.2) is 13.2 Å². The summed E-state index contributed by atoms with van der Waals surface area (Å²) in [5.41, 5.74) is 5.14. The average molecular weight is 205 g/mol. The van der Waals surface area contributed by atoms with E-state index in [0.29, 0.717) is 0 Å². The third-order valence-electron chi connectivity index (χ3n) is 1.94. The minimum absolute atomic E-state index is 0.237. The van der Waals surface area contributed by atoms with Gasteiger partial charge in [0.2, 0.25) is 0 Å². The van der Waals surface area contributed by atoms with Crippen molar-refractivity contribution in [3.05, 3.63) is 35.1 Å². The maximum atomic E-state index is 13.1. The fourth-order valence-electron chi connectivity index (χ4n) is 1.06. The van der Waals surface area contributed by atoms with Crippen LogP contribution in [-0.4, -0.2) is 11.2 Å². The molecule has 0 heterocycles. The summed E-state index contributed by atoms with van der Waals surface area (Å²) >= 11 is 0. The number of halogens is 3. The minimum atomic E-state index is -1.57. The Hall–Kier alpha value is -1.07. The number of aliphatic hydroxyl groups excluding tert-OH is 1. The van der Waals surface area contributed by atoms with Crippen LogP contribution in [0.2, 0.25) is 0 Å².